The summed E-state index contributed by atoms with van der Waals surface area (Å²) in [5, 5.41) is 1.84. The van der Waals surface area contributed by atoms with Crippen LogP contribution in [0.3, 0.4) is 0 Å². The second-order valence-corrected chi connectivity index (χ2v) is 8.90. The van der Waals surface area contributed by atoms with Crippen molar-refractivity contribution in [1.82, 2.24) is 0 Å². The molecule has 0 bridgehead atoms. The van der Waals surface area contributed by atoms with Crippen molar-refractivity contribution in [2.24, 2.45) is 15.9 Å². The summed E-state index contributed by atoms with van der Waals surface area (Å²) < 4.78 is 0. The van der Waals surface area contributed by atoms with Gasteiger partial charge >= 0.3 is 0 Å². The zero-order valence-corrected chi connectivity index (χ0v) is 19.5. The summed E-state index contributed by atoms with van der Waals surface area (Å²) >= 11 is 37.7. The van der Waals surface area contributed by atoms with Crippen LogP contribution in [-0.4, -0.2) is 23.7 Å². The molecule has 2 unspecified atom stereocenters. The van der Waals surface area contributed by atoms with Crippen LogP contribution in [-0.2, 0) is 4.79 Å². The molecule has 9 heteroatoms. The summed E-state index contributed by atoms with van der Waals surface area (Å²) in [5.74, 6) is -0.916. The van der Waals surface area contributed by atoms with E-state index >= 15 is 0 Å². The third kappa shape index (κ3) is 5.11. The first kappa shape index (κ1) is 23.3. The standard InChI is InChI=1S/C21H12Cl6N2O/c22-16-3-1-4-17(23)13(16)9-28-12-7-20(26)15(11-30)21(27,8-12)29-10-14-18(24)5-2-6-19(14)25/h1-11,15H. The van der Waals surface area contributed by atoms with Crippen LogP contribution in [0, 0.1) is 5.92 Å². The zero-order valence-electron chi connectivity index (χ0n) is 15.0. The Balaban J connectivity index is 2.00. The van der Waals surface area contributed by atoms with Crippen LogP contribution in [0.4, 0.5) is 0 Å². The highest BCUT2D eigenvalue weighted by Gasteiger charge is 2.39. The summed E-state index contributed by atoms with van der Waals surface area (Å²) in [5.41, 5.74) is 1.39. The SMILES string of the molecule is O=CC1C(Cl)=CC(N=Cc2c(Cl)cccc2Cl)=CC1(Cl)N=Cc1c(Cl)cccc1Cl. The van der Waals surface area contributed by atoms with E-state index in [1.807, 2.05) is 0 Å². The van der Waals surface area contributed by atoms with Gasteiger partial charge in [-0.3, -0.25) is 9.98 Å². The molecule has 2 aromatic carbocycles. The van der Waals surface area contributed by atoms with Gasteiger partial charge in [-0.1, -0.05) is 81.7 Å². The van der Waals surface area contributed by atoms with Crippen molar-refractivity contribution in [3.63, 3.8) is 0 Å². The summed E-state index contributed by atoms with van der Waals surface area (Å²) in [4.78, 5) is 18.9. The van der Waals surface area contributed by atoms with Crippen LogP contribution in [0.15, 0.2) is 69.3 Å². The average Bonchev–Trinajstić information content (AvgIpc) is 2.67. The maximum Gasteiger partial charge on any atom is 0.168 e. The van der Waals surface area contributed by atoms with Crippen molar-refractivity contribution in [2.75, 3.05) is 0 Å². The number of halogens is 6. The van der Waals surface area contributed by atoms with E-state index in [4.69, 9.17) is 69.6 Å². The molecule has 1 aliphatic rings. The first-order valence-corrected chi connectivity index (χ1v) is 10.7. The normalized spacial score (nSPS) is 21.7. The van der Waals surface area contributed by atoms with Gasteiger partial charge < -0.3 is 4.79 Å². The number of hydrogen-bond acceptors (Lipinski definition) is 3. The molecule has 3 rings (SSSR count). The van der Waals surface area contributed by atoms with Crippen molar-refractivity contribution in [3.05, 3.63) is 90.5 Å². The highest BCUT2D eigenvalue weighted by molar-refractivity contribution is 6.39. The molecular weight excluding hydrogens is 509 g/mol. The van der Waals surface area contributed by atoms with Crippen molar-refractivity contribution in [1.29, 1.82) is 0 Å². The Hall–Kier alpha value is -1.33. The highest BCUT2D eigenvalue weighted by Crippen LogP contribution is 2.40. The van der Waals surface area contributed by atoms with Crippen molar-refractivity contribution >= 4 is 88.3 Å². The second kappa shape index (κ2) is 9.86. The van der Waals surface area contributed by atoms with E-state index in [0.29, 0.717) is 43.2 Å². The molecule has 0 heterocycles. The lowest BCUT2D eigenvalue weighted by atomic mass is 9.94. The van der Waals surface area contributed by atoms with E-state index in [9.17, 15) is 4.79 Å². The number of aldehydes is 1. The summed E-state index contributed by atoms with van der Waals surface area (Å²) in [6, 6.07) is 10.2. The van der Waals surface area contributed by atoms with Crippen LogP contribution in [0.1, 0.15) is 11.1 Å². The Morgan fingerprint density at radius 2 is 1.33 bits per heavy atom. The zero-order chi connectivity index (χ0) is 21.9. The number of carbonyl (C=O) groups is 1. The Labute approximate surface area is 203 Å². The van der Waals surface area contributed by atoms with E-state index in [1.165, 1.54) is 24.6 Å². The molecular formula is C21H12Cl6N2O. The van der Waals surface area contributed by atoms with E-state index < -0.39 is 10.9 Å². The fourth-order valence-corrected chi connectivity index (χ4v) is 4.39. The lowest BCUT2D eigenvalue weighted by molar-refractivity contribution is -0.110. The number of benzene rings is 2. The molecule has 0 radical (unpaired) electrons. The van der Waals surface area contributed by atoms with E-state index in [2.05, 4.69) is 9.98 Å². The number of nitrogens with zero attached hydrogens (tertiary/aromatic N) is 2. The van der Waals surface area contributed by atoms with Gasteiger partial charge in [0, 0.05) is 28.6 Å². The number of rotatable bonds is 5. The van der Waals surface area contributed by atoms with Gasteiger partial charge in [0.2, 0.25) is 0 Å². The highest BCUT2D eigenvalue weighted by atomic mass is 35.5. The molecule has 0 N–H and O–H groups in total. The van der Waals surface area contributed by atoms with Gasteiger partial charge in [0.25, 0.3) is 0 Å². The van der Waals surface area contributed by atoms with Crippen molar-refractivity contribution < 1.29 is 4.79 Å². The van der Waals surface area contributed by atoms with Crippen LogP contribution in [0.25, 0.3) is 0 Å². The third-order valence-electron chi connectivity index (χ3n) is 4.24. The monoisotopic (exact) mass is 518 g/mol. The molecule has 0 amide bonds. The predicted octanol–water partition coefficient (Wildman–Crippen LogP) is 7.61. The molecule has 1 aliphatic carbocycles. The Morgan fingerprint density at radius 1 is 0.833 bits per heavy atom. The largest absolute Gasteiger partial charge is 0.303 e. The van der Waals surface area contributed by atoms with Gasteiger partial charge in [-0.15, -0.1) is 0 Å². The third-order valence-corrected chi connectivity index (χ3v) is 6.34. The molecule has 30 heavy (non-hydrogen) atoms. The van der Waals surface area contributed by atoms with Gasteiger partial charge in [-0.25, -0.2) is 0 Å². The summed E-state index contributed by atoms with van der Waals surface area (Å²) in [7, 11) is 0. The fraction of sp³-hybridized carbons (Fsp3) is 0.0952. The van der Waals surface area contributed by atoms with E-state index in [1.54, 1.807) is 36.4 Å². The van der Waals surface area contributed by atoms with Crippen LogP contribution in [0.2, 0.25) is 20.1 Å². The maximum absolute atomic E-state index is 11.7. The van der Waals surface area contributed by atoms with Gasteiger partial charge in [0.15, 0.2) is 5.00 Å². The number of aliphatic imine (C=N–C) groups is 2. The Kier molecular flexibility index (Phi) is 7.67. The lowest BCUT2D eigenvalue weighted by Crippen LogP contribution is -2.32. The van der Waals surface area contributed by atoms with Gasteiger partial charge in [-0.2, -0.15) is 0 Å². The first-order chi connectivity index (χ1) is 14.2. The van der Waals surface area contributed by atoms with Gasteiger partial charge in [0.05, 0.1) is 31.7 Å². The Morgan fingerprint density at radius 3 is 1.83 bits per heavy atom. The molecule has 0 aliphatic heterocycles. The lowest BCUT2D eigenvalue weighted by Gasteiger charge is -2.28. The summed E-state index contributed by atoms with van der Waals surface area (Å²) in [6.07, 6.45) is 6.57. The van der Waals surface area contributed by atoms with Crippen LogP contribution >= 0.6 is 69.6 Å². The minimum Gasteiger partial charge on any atom is -0.303 e. The second-order valence-electron chi connectivity index (χ2n) is 6.23. The van der Waals surface area contributed by atoms with E-state index in [-0.39, 0.29) is 5.03 Å². The topological polar surface area (TPSA) is 41.8 Å². The minimum atomic E-state index is -1.52. The first-order valence-electron chi connectivity index (χ1n) is 8.46. The molecule has 2 atom stereocenters. The number of allylic oxidation sites excluding steroid dienone is 1. The summed E-state index contributed by atoms with van der Waals surface area (Å²) in [6.45, 7) is 0. The smallest absolute Gasteiger partial charge is 0.168 e. The van der Waals surface area contributed by atoms with Gasteiger partial charge in [0.1, 0.15) is 6.29 Å². The van der Waals surface area contributed by atoms with Crippen LogP contribution < -0.4 is 0 Å². The number of hydrogen-bond donors (Lipinski definition) is 0. The molecule has 0 spiro atoms. The number of carbonyl (C=O) groups excluding carboxylic acids is 1. The molecule has 0 saturated heterocycles. The van der Waals surface area contributed by atoms with Crippen LogP contribution in [0.5, 0.6) is 0 Å². The molecule has 3 nitrogen and oxygen atoms in total. The molecule has 2 aromatic rings. The number of alkyl halides is 1. The average molecular weight is 521 g/mol. The Bertz CT molecular complexity index is 1070. The molecule has 154 valence electrons. The van der Waals surface area contributed by atoms with E-state index in [0.717, 1.165) is 0 Å². The van der Waals surface area contributed by atoms with Gasteiger partial charge in [-0.05, 0) is 36.4 Å². The predicted molar refractivity (Wildman–Crippen MR) is 128 cm³/mol. The fourth-order valence-electron chi connectivity index (χ4n) is 2.69. The molecule has 0 saturated carbocycles. The molecule has 0 aromatic heterocycles. The van der Waals surface area contributed by atoms with Crippen molar-refractivity contribution in [3.8, 4) is 0 Å². The quantitative estimate of drug-likeness (QED) is 0.173. The molecule has 0 fully saturated rings. The minimum absolute atomic E-state index is 0.183. The van der Waals surface area contributed by atoms with Crippen molar-refractivity contribution in [2.45, 2.75) is 5.00 Å². The maximum atomic E-state index is 11.7.